The predicted octanol–water partition coefficient (Wildman–Crippen LogP) is 3.07. The van der Waals surface area contributed by atoms with Gasteiger partial charge in [0.1, 0.15) is 12.1 Å². The minimum atomic E-state index is -0.124. The second kappa shape index (κ2) is 7.90. The lowest BCUT2D eigenvalue weighted by Gasteiger charge is -2.33. The number of nitrogens with one attached hydrogen (secondary N) is 1. The highest BCUT2D eigenvalue weighted by molar-refractivity contribution is 6.01. The number of hydrogen-bond donors (Lipinski definition) is 1. The number of aromatic nitrogens is 5. The van der Waals surface area contributed by atoms with Crippen LogP contribution < -0.4 is 10.2 Å². The summed E-state index contributed by atoms with van der Waals surface area (Å²) in [4.78, 5) is 28.3. The average Bonchev–Trinajstić information content (AvgIpc) is 3.35. The molecule has 1 N–H and O–H groups in total. The van der Waals surface area contributed by atoms with E-state index in [0.29, 0.717) is 12.4 Å². The Kier molecular flexibility index (Phi) is 4.80. The van der Waals surface area contributed by atoms with E-state index < -0.39 is 0 Å². The molecular weight excluding hydrogens is 378 g/mol. The van der Waals surface area contributed by atoms with Gasteiger partial charge in [-0.3, -0.25) is 9.78 Å². The number of amides is 1. The molecule has 0 bridgehead atoms. The van der Waals surface area contributed by atoms with E-state index in [1.807, 2.05) is 48.7 Å². The van der Waals surface area contributed by atoms with Crippen LogP contribution in [-0.4, -0.2) is 43.7 Å². The van der Waals surface area contributed by atoms with Crippen LogP contribution in [0.3, 0.4) is 0 Å². The molecular formula is C22H21N7O. The van der Waals surface area contributed by atoms with Crippen molar-refractivity contribution in [2.24, 2.45) is 5.92 Å². The minimum Gasteiger partial charge on any atom is -0.356 e. The van der Waals surface area contributed by atoms with Crippen molar-refractivity contribution < 1.29 is 4.79 Å². The Morgan fingerprint density at radius 1 is 1.03 bits per heavy atom. The number of carbonyl (C=O) groups is 1. The van der Waals surface area contributed by atoms with Crippen LogP contribution >= 0.6 is 0 Å². The smallest absolute Gasteiger partial charge is 0.229 e. The lowest BCUT2D eigenvalue weighted by Crippen LogP contribution is -2.41. The molecule has 4 heterocycles. The molecule has 3 aromatic heterocycles. The van der Waals surface area contributed by atoms with Gasteiger partial charge in [0.2, 0.25) is 5.91 Å². The maximum absolute atomic E-state index is 13.0. The molecule has 0 radical (unpaired) electrons. The van der Waals surface area contributed by atoms with Gasteiger partial charge < -0.3 is 10.2 Å². The first-order valence-corrected chi connectivity index (χ1v) is 9.99. The van der Waals surface area contributed by atoms with Crippen LogP contribution in [0.5, 0.6) is 0 Å². The van der Waals surface area contributed by atoms with E-state index in [4.69, 9.17) is 0 Å². The van der Waals surface area contributed by atoms with Gasteiger partial charge in [0.05, 0.1) is 17.1 Å². The summed E-state index contributed by atoms with van der Waals surface area (Å²) in [6.45, 7) is 1.47. The Morgan fingerprint density at radius 3 is 2.83 bits per heavy atom. The predicted molar refractivity (Wildman–Crippen MR) is 114 cm³/mol. The molecule has 1 saturated heterocycles. The van der Waals surface area contributed by atoms with Gasteiger partial charge in [0, 0.05) is 43.1 Å². The van der Waals surface area contributed by atoms with Crippen molar-refractivity contribution in [1.29, 1.82) is 0 Å². The molecule has 0 spiro atoms. The Balaban J connectivity index is 1.33. The van der Waals surface area contributed by atoms with E-state index in [0.717, 1.165) is 41.8 Å². The van der Waals surface area contributed by atoms with E-state index in [1.165, 1.54) is 6.33 Å². The summed E-state index contributed by atoms with van der Waals surface area (Å²) in [7, 11) is 0. The number of fused-ring (bicyclic) bond motifs is 1. The largest absolute Gasteiger partial charge is 0.356 e. The molecule has 8 heteroatoms. The third kappa shape index (κ3) is 3.59. The Labute approximate surface area is 173 Å². The van der Waals surface area contributed by atoms with Crippen molar-refractivity contribution in [1.82, 2.24) is 24.7 Å². The first kappa shape index (κ1) is 18.2. The van der Waals surface area contributed by atoms with Gasteiger partial charge in [-0.05, 0) is 31.0 Å². The summed E-state index contributed by atoms with van der Waals surface area (Å²) in [6, 6.07) is 13.5. The third-order valence-electron chi connectivity index (χ3n) is 5.38. The third-order valence-corrected chi connectivity index (χ3v) is 5.38. The van der Waals surface area contributed by atoms with Crippen LogP contribution in [-0.2, 0) is 4.79 Å². The van der Waals surface area contributed by atoms with Gasteiger partial charge in [0.15, 0.2) is 5.82 Å². The van der Waals surface area contributed by atoms with Crippen molar-refractivity contribution in [2.45, 2.75) is 12.8 Å². The number of carbonyl (C=O) groups excluding carboxylic acids is 1. The monoisotopic (exact) mass is 399 g/mol. The van der Waals surface area contributed by atoms with Crippen molar-refractivity contribution in [2.75, 3.05) is 23.3 Å². The van der Waals surface area contributed by atoms with Gasteiger partial charge >= 0.3 is 0 Å². The molecule has 1 aliphatic rings. The van der Waals surface area contributed by atoms with Gasteiger partial charge in [-0.1, -0.05) is 18.2 Å². The summed E-state index contributed by atoms with van der Waals surface area (Å²) in [5, 5.41) is 8.32. The molecule has 8 nitrogen and oxygen atoms in total. The standard InChI is InChI=1S/C22H21N7O/c30-22(27-18-8-1-5-16-6-2-9-23-21(16)18)17-7-3-11-28(14-17)19-13-20(25-15-24-19)29-12-4-10-26-29/h1-2,4-6,8-10,12-13,15,17H,3,7,11,14H2,(H,27,30). The van der Waals surface area contributed by atoms with Crippen molar-refractivity contribution >= 4 is 28.3 Å². The number of benzene rings is 1. The Hall–Kier alpha value is -3.81. The molecule has 1 fully saturated rings. The van der Waals surface area contributed by atoms with E-state index in [2.05, 4.69) is 30.3 Å². The highest BCUT2D eigenvalue weighted by Crippen LogP contribution is 2.25. The number of piperidine rings is 1. The number of nitrogens with zero attached hydrogens (tertiary/aromatic N) is 6. The number of rotatable bonds is 4. The summed E-state index contributed by atoms with van der Waals surface area (Å²) in [5.74, 6) is 1.40. The van der Waals surface area contributed by atoms with Gasteiger partial charge in [0.25, 0.3) is 0 Å². The van der Waals surface area contributed by atoms with Gasteiger partial charge in [-0.15, -0.1) is 0 Å². The number of hydrogen-bond acceptors (Lipinski definition) is 6. The van der Waals surface area contributed by atoms with E-state index >= 15 is 0 Å². The quantitative estimate of drug-likeness (QED) is 0.567. The maximum atomic E-state index is 13.0. The Bertz CT molecular complexity index is 1170. The van der Waals surface area contributed by atoms with Crippen LogP contribution in [0, 0.1) is 5.92 Å². The van der Waals surface area contributed by atoms with E-state index in [9.17, 15) is 4.79 Å². The summed E-state index contributed by atoms with van der Waals surface area (Å²) in [6.07, 6.45) is 8.61. The fourth-order valence-corrected chi connectivity index (χ4v) is 3.88. The molecule has 1 aliphatic heterocycles. The second-order valence-electron chi connectivity index (χ2n) is 7.34. The molecule has 150 valence electrons. The van der Waals surface area contributed by atoms with Gasteiger partial charge in [-0.25, -0.2) is 14.6 Å². The fourth-order valence-electron chi connectivity index (χ4n) is 3.88. The van der Waals surface area contributed by atoms with E-state index in [-0.39, 0.29) is 11.8 Å². The highest BCUT2D eigenvalue weighted by Gasteiger charge is 2.27. The van der Waals surface area contributed by atoms with Crippen LogP contribution in [0.2, 0.25) is 0 Å². The lowest BCUT2D eigenvalue weighted by atomic mass is 9.97. The fraction of sp³-hybridized carbons (Fsp3) is 0.227. The molecule has 0 saturated carbocycles. The molecule has 1 amide bonds. The summed E-state index contributed by atoms with van der Waals surface area (Å²) in [5.41, 5.74) is 1.55. The van der Waals surface area contributed by atoms with Crippen LogP contribution in [0.1, 0.15) is 12.8 Å². The second-order valence-corrected chi connectivity index (χ2v) is 7.34. The zero-order valence-electron chi connectivity index (χ0n) is 16.3. The topological polar surface area (TPSA) is 88.8 Å². The van der Waals surface area contributed by atoms with Crippen molar-refractivity contribution in [3.05, 3.63) is 67.4 Å². The minimum absolute atomic E-state index is 0.0132. The van der Waals surface area contributed by atoms with Crippen molar-refractivity contribution in [3.63, 3.8) is 0 Å². The molecule has 5 rings (SSSR count). The zero-order valence-corrected chi connectivity index (χ0v) is 16.3. The SMILES string of the molecule is O=C(Nc1cccc2cccnc12)C1CCCN(c2cc(-n3cccn3)ncn2)C1. The first-order valence-electron chi connectivity index (χ1n) is 9.99. The summed E-state index contributed by atoms with van der Waals surface area (Å²) < 4.78 is 1.70. The highest BCUT2D eigenvalue weighted by atomic mass is 16.1. The average molecular weight is 399 g/mol. The van der Waals surface area contributed by atoms with E-state index in [1.54, 1.807) is 17.1 Å². The van der Waals surface area contributed by atoms with Crippen LogP contribution in [0.25, 0.3) is 16.7 Å². The molecule has 1 unspecified atom stereocenters. The first-order chi connectivity index (χ1) is 14.8. The number of anilines is 2. The normalized spacial score (nSPS) is 16.5. The Morgan fingerprint density at radius 2 is 1.93 bits per heavy atom. The van der Waals surface area contributed by atoms with Crippen LogP contribution in [0.15, 0.2) is 67.4 Å². The van der Waals surface area contributed by atoms with Crippen LogP contribution in [0.4, 0.5) is 11.5 Å². The van der Waals surface area contributed by atoms with Gasteiger partial charge in [-0.2, -0.15) is 5.10 Å². The molecule has 30 heavy (non-hydrogen) atoms. The molecule has 1 atom stereocenters. The molecule has 0 aliphatic carbocycles. The van der Waals surface area contributed by atoms with Crippen molar-refractivity contribution in [3.8, 4) is 5.82 Å². The maximum Gasteiger partial charge on any atom is 0.229 e. The lowest BCUT2D eigenvalue weighted by molar-refractivity contribution is -0.120. The number of pyridine rings is 1. The number of para-hydroxylation sites is 1. The zero-order chi connectivity index (χ0) is 20.3. The molecule has 4 aromatic rings. The molecule has 1 aromatic carbocycles. The summed E-state index contributed by atoms with van der Waals surface area (Å²) >= 11 is 0.